The van der Waals surface area contributed by atoms with Gasteiger partial charge in [0.05, 0.1) is 24.7 Å². The number of amides is 2. The third-order valence-electron chi connectivity index (χ3n) is 9.46. The Kier molecular flexibility index (Phi) is 7.00. The van der Waals surface area contributed by atoms with Crippen LogP contribution in [0.2, 0.25) is 0 Å². The Hall–Kier alpha value is -4.57. The number of carbonyl (C=O) groups excluding carboxylic acids is 2. The number of aliphatic hydroxyl groups is 1. The molecule has 3 N–H and O–H groups in total. The lowest BCUT2D eigenvalue weighted by Crippen LogP contribution is -2.44. The summed E-state index contributed by atoms with van der Waals surface area (Å²) < 4.78 is 27.7. The van der Waals surface area contributed by atoms with Gasteiger partial charge >= 0.3 is 0 Å². The van der Waals surface area contributed by atoms with Gasteiger partial charge in [-0.2, -0.15) is 0 Å². The highest BCUT2D eigenvalue weighted by atomic mass is 19.1. The van der Waals surface area contributed by atoms with Crippen LogP contribution in [0.25, 0.3) is 22.0 Å². The lowest BCUT2D eigenvalue weighted by molar-refractivity contribution is -0.699. The van der Waals surface area contributed by atoms with Gasteiger partial charge in [0, 0.05) is 48.0 Å². The molecule has 2 amide bonds. The first kappa shape index (κ1) is 29.2. The lowest BCUT2D eigenvalue weighted by atomic mass is 9.81. The Morgan fingerprint density at radius 3 is 2.58 bits per heavy atom. The number of nitrogens with zero attached hydrogens (tertiary/aromatic N) is 2. The van der Waals surface area contributed by atoms with Crippen LogP contribution in [0.4, 0.5) is 4.39 Å². The molecule has 2 aromatic carbocycles. The van der Waals surface area contributed by atoms with Gasteiger partial charge in [-0.25, -0.2) is 13.9 Å². The Morgan fingerprint density at radius 2 is 1.91 bits per heavy atom. The maximum Gasteiger partial charge on any atom is 0.251 e. The molecule has 232 valence electrons. The van der Waals surface area contributed by atoms with Crippen molar-refractivity contribution in [1.82, 2.24) is 15.6 Å². The molecular weight excluding hydrogens is 575 g/mol. The van der Waals surface area contributed by atoms with E-state index in [2.05, 4.69) is 15.2 Å². The summed E-state index contributed by atoms with van der Waals surface area (Å²) in [6, 6.07) is 13.6. The quantitative estimate of drug-likeness (QED) is 0.246. The van der Waals surface area contributed by atoms with E-state index in [1.54, 1.807) is 45.3 Å². The molecule has 0 radical (unpaired) electrons. The molecule has 0 saturated heterocycles. The van der Waals surface area contributed by atoms with Crippen molar-refractivity contribution in [2.45, 2.75) is 49.7 Å². The zero-order chi connectivity index (χ0) is 31.5. The van der Waals surface area contributed by atoms with E-state index in [0.29, 0.717) is 45.6 Å². The topological polar surface area (TPSA) is 114 Å². The monoisotopic (exact) mass is 611 g/mol. The van der Waals surface area contributed by atoms with E-state index in [1.807, 2.05) is 24.5 Å². The predicted octanol–water partition coefficient (Wildman–Crippen LogP) is 4.10. The standard InChI is InChI=1S/C35H35FN4O5/c1-34(33(42)37-2)19-45-31-27(34)16-29(39-30(31)20-4-8-24(36)9-5-20)35(43,23-6-7-23)18-38-32(41)21-14-22-17-40(25-10-11-25)13-12-26(22)28(15-21)44-3/h4-5,8-9,12-17,23,25,43H,6-7,10-11,18-19H2,1-3H3,(H-,37,38,41,42)/p+1/t34-,35+/m0/s1. The van der Waals surface area contributed by atoms with Crippen LogP contribution in [0.5, 0.6) is 11.5 Å². The minimum atomic E-state index is -1.53. The highest BCUT2D eigenvalue weighted by Crippen LogP contribution is 2.50. The van der Waals surface area contributed by atoms with E-state index in [-0.39, 0.29) is 30.9 Å². The van der Waals surface area contributed by atoms with Gasteiger partial charge in [-0.15, -0.1) is 0 Å². The highest BCUT2D eigenvalue weighted by Gasteiger charge is 2.50. The fourth-order valence-corrected chi connectivity index (χ4v) is 6.39. The van der Waals surface area contributed by atoms with Gasteiger partial charge in [-0.05, 0) is 68.1 Å². The summed E-state index contributed by atoms with van der Waals surface area (Å²) in [7, 11) is 3.15. The summed E-state index contributed by atoms with van der Waals surface area (Å²) in [5.74, 6) is -0.121. The summed E-state index contributed by atoms with van der Waals surface area (Å²) in [6.07, 6.45) is 7.88. The lowest BCUT2D eigenvalue weighted by Gasteiger charge is -2.30. The molecule has 3 aliphatic rings. The van der Waals surface area contributed by atoms with Crippen LogP contribution in [0.1, 0.15) is 60.3 Å². The van der Waals surface area contributed by atoms with Crippen LogP contribution >= 0.6 is 0 Å². The summed E-state index contributed by atoms with van der Waals surface area (Å²) >= 11 is 0. The molecule has 10 heteroatoms. The minimum Gasteiger partial charge on any atom is -0.496 e. The van der Waals surface area contributed by atoms with E-state index in [1.165, 1.54) is 12.1 Å². The number of rotatable bonds is 9. The molecule has 2 aliphatic carbocycles. The molecule has 0 bridgehead atoms. The molecule has 2 saturated carbocycles. The highest BCUT2D eigenvalue weighted by molar-refractivity contribution is 6.00. The second-order valence-electron chi connectivity index (χ2n) is 12.6. The van der Waals surface area contributed by atoms with Crippen molar-refractivity contribution in [1.29, 1.82) is 0 Å². The molecule has 0 unspecified atom stereocenters. The van der Waals surface area contributed by atoms with Crippen molar-refractivity contribution >= 4 is 22.6 Å². The normalized spacial score (nSPS) is 20.2. The molecule has 2 atom stereocenters. The molecule has 9 nitrogen and oxygen atoms in total. The number of ether oxygens (including phenoxy) is 2. The van der Waals surface area contributed by atoms with Crippen molar-refractivity contribution in [2.75, 3.05) is 27.3 Å². The van der Waals surface area contributed by atoms with Crippen molar-refractivity contribution in [3.63, 3.8) is 0 Å². The summed E-state index contributed by atoms with van der Waals surface area (Å²) in [5, 5.41) is 19.8. The summed E-state index contributed by atoms with van der Waals surface area (Å²) in [4.78, 5) is 31.6. The van der Waals surface area contributed by atoms with E-state index in [0.717, 1.165) is 36.5 Å². The van der Waals surface area contributed by atoms with Crippen LogP contribution in [0.3, 0.4) is 0 Å². The van der Waals surface area contributed by atoms with Crippen LogP contribution in [0.15, 0.2) is 60.9 Å². The summed E-state index contributed by atoms with van der Waals surface area (Å²) in [5.41, 5.74) is -0.246. The Balaban J connectivity index is 1.25. The molecule has 1 aliphatic heterocycles. The SMILES string of the molecule is CNC(=O)[C@@]1(C)COc2c1cc([C@@](O)(CNC(=O)c1cc(OC)c3cc[n+](C4CC4)cc3c1)C1CC1)nc2-c1ccc(F)cc1. The maximum absolute atomic E-state index is 13.8. The van der Waals surface area contributed by atoms with E-state index in [9.17, 15) is 19.1 Å². The fourth-order valence-electron chi connectivity index (χ4n) is 6.39. The first-order chi connectivity index (χ1) is 21.6. The predicted molar refractivity (Wildman–Crippen MR) is 164 cm³/mol. The first-order valence-corrected chi connectivity index (χ1v) is 15.3. The van der Waals surface area contributed by atoms with Gasteiger partial charge in [0.25, 0.3) is 5.91 Å². The Bertz CT molecular complexity index is 1840. The van der Waals surface area contributed by atoms with Gasteiger partial charge in [-0.1, -0.05) is 0 Å². The van der Waals surface area contributed by atoms with Crippen LogP contribution in [-0.4, -0.2) is 49.2 Å². The summed E-state index contributed by atoms with van der Waals surface area (Å²) in [6.45, 7) is 1.78. The third kappa shape index (κ3) is 5.07. The number of halogens is 1. The third-order valence-corrected chi connectivity index (χ3v) is 9.46. The van der Waals surface area contributed by atoms with Crippen molar-refractivity contribution < 1.29 is 33.1 Å². The molecule has 0 spiro atoms. The number of fused-ring (bicyclic) bond motifs is 2. The minimum absolute atomic E-state index is 0.0878. The zero-order valence-corrected chi connectivity index (χ0v) is 25.5. The number of nitrogens with one attached hydrogen (secondary N) is 2. The first-order valence-electron chi connectivity index (χ1n) is 15.3. The average Bonchev–Trinajstić information content (AvgIpc) is 3.99. The molecule has 45 heavy (non-hydrogen) atoms. The van der Waals surface area contributed by atoms with Gasteiger partial charge in [0.2, 0.25) is 5.91 Å². The Morgan fingerprint density at radius 1 is 1.16 bits per heavy atom. The molecule has 4 aromatic rings. The molecule has 2 aromatic heterocycles. The number of benzene rings is 2. The van der Waals surface area contributed by atoms with Crippen LogP contribution < -0.4 is 24.7 Å². The number of pyridine rings is 2. The average molecular weight is 612 g/mol. The van der Waals surface area contributed by atoms with Crippen molar-refractivity contribution in [3.8, 4) is 22.8 Å². The molecule has 7 rings (SSSR count). The zero-order valence-electron chi connectivity index (χ0n) is 25.5. The van der Waals surface area contributed by atoms with Crippen LogP contribution in [-0.2, 0) is 15.8 Å². The number of likely N-dealkylation sites (N-methyl/N-ethyl adjacent to an activating group) is 1. The van der Waals surface area contributed by atoms with Crippen LogP contribution in [0, 0.1) is 11.7 Å². The van der Waals surface area contributed by atoms with Gasteiger partial charge in [0.15, 0.2) is 18.4 Å². The maximum atomic E-state index is 13.8. The van der Waals surface area contributed by atoms with E-state index >= 15 is 0 Å². The molecular formula is C35H36FN4O5+. The number of hydrogen-bond acceptors (Lipinski definition) is 6. The molecule has 3 heterocycles. The smallest absolute Gasteiger partial charge is 0.251 e. The van der Waals surface area contributed by atoms with Crippen molar-refractivity contribution in [2.24, 2.45) is 5.92 Å². The van der Waals surface area contributed by atoms with Gasteiger partial charge in [0.1, 0.15) is 40.6 Å². The Labute approximate surface area is 260 Å². The second kappa shape index (κ2) is 10.8. The fraction of sp³-hybridized carbons (Fsp3) is 0.371. The van der Waals surface area contributed by atoms with Gasteiger partial charge < -0.3 is 25.2 Å². The van der Waals surface area contributed by atoms with E-state index in [4.69, 9.17) is 14.5 Å². The number of hydrogen-bond donors (Lipinski definition) is 3. The number of methoxy groups -OCH3 is 1. The van der Waals surface area contributed by atoms with Crippen molar-refractivity contribution in [3.05, 3.63) is 83.6 Å². The van der Waals surface area contributed by atoms with Gasteiger partial charge in [-0.3, -0.25) is 9.59 Å². The number of aromatic nitrogens is 2. The largest absolute Gasteiger partial charge is 0.496 e. The second-order valence-corrected chi connectivity index (χ2v) is 12.6. The molecule has 2 fully saturated rings. The van der Waals surface area contributed by atoms with E-state index < -0.39 is 16.8 Å². The number of carbonyl (C=O) groups is 2.